The van der Waals surface area contributed by atoms with E-state index in [1.165, 1.54) is 24.4 Å². The minimum absolute atomic E-state index is 0.102. The third-order valence-electron chi connectivity index (χ3n) is 3.07. The van der Waals surface area contributed by atoms with Crippen molar-refractivity contribution in [2.45, 2.75) is 20.3 Å². The predicted molar refractivity (Wildman–Crippen MR) is 85.5 cm³/mol. The molecule has 2 aromatic rings. The van der Waals surface area contributed by atoms with E-state index in [1.807, 2.05) is 0 Å². The number of phenols is 1. The van der Waals surface area contributed by atoms with Crippen molar-refractivity contribution in [3.05, 3.63) is 41.3 Å². The number of anilines is 2. The lowest BCUT2D eigenvalue weighted by Gasteiger charge is -2.12. The molecule has 0 radical (unpaired) electrons. The first-order valence-corrected chi connectivity index (χ1v) is 7.22. The number of benzene rings is 1. The molecule has 1 heterocycles. The second kappa shape index (κ2) is 7.40. The zero-order valence-electron chi connectivity index (χ0n) is 13.2. The number of carbonyl (C=O) groups is 2. The number of carboxylic acid groups (broad SMARTS) is 1. The van der Waals surface area contributed by atoms with Gasteiger partial charge in [0.2, 0.25) is 0 Å². The van der Waals surface area contributed by atoms with Crippen LogP contribution in [0.1, 0.15) is 28.7 Å². The van der Waals surface area contributed by atoms with Gasteiger partial charge in [0.05, 0.1) is 18.7 Å². The van der Waals surface area contributed by atoms with Gasteiger partial charge in [0.1, 0.15) is 23.0 Å². The monoisotopic (exact) mass is 331 g/mol. The van der Waals surface area contributed by atoms with Gasteiger partial charge in [0.25, 0.3) is 0 Å². The summed E-state index contributed by atoms with van der Waals surface area (Å²) in [6, 6.07) is 4.36. The Morgan fingerprint density at radius 3 is 2.75 bits per heavy atom. The van der Waals surface area contributed by atoms with Crippen molar-refractivity contribution in [2.75, 3.05) is 11.9 Å². The quantitative estimate of drug-likeness (QED) is 0.543. The van der Waals surface area contributed by atoms with E-state index in [-0.39, 0.29) is 35.8 Å². The normalized spacial score (nSPS) is 10.2. The summed E-state index contributed by atoms with van der Waals surface area (Å²) in [6.07, 6.45) is 1.14. The molecule has 0 saturated heterocycles. The number of aromatic nitrogens is 2. The van der Waals surface area contributed by atoms with E-state index in [2.05, 4.69) is 15.3 Å². The fourth-order valence-electron chi connectivity index (χ4n) is 2.02. The average molecular weight is 331 g/mol. The number of aromatic hydroxyl groups is 1. The molecule has 126 valence electrons. The van der Waals surface area contributed by atoms with Gasteiger partial charge in [-0.3, -0.25) is 4.79 Å². The molecule has 2 rings (SSSR count). The van der Waals surface area contributed by atoms with Crippen LogP contribution >= 0.6 is 0 Å². The minimum Gasteiger partial charge on any atom is -0.506 e. The standard InChI is InChI=1S/C16H17N3O5/c1-3-24-16(23)11-8-17-9(2)18-15(11)19-12-6-10(7-14(21)22)4-5-13(12)20/h4-6,8,20H,3,7H2,1-2H3,(H,21,22)(H,17,18,19). The van der Waals surface area contributed by atoms with E-state index in [4.69, 9.17) is 9.84 Å². The molecular formula is C16H17N3O5. The molecule has 0 unspecified atom stereocenters. The summed E-state index contributed by atoms with van der Waals surface area (Å²) >= 11 is 0. The van der Waals surface area contributed by atoms with E-state index >= 15 is 0 Å². The molecule has 3 N–H and O–H groups in total. The largest absolute Gasteiger partial charge is 0.506 e. The number of rotatable bonds is 6. The Kier molecular flexibility index (Phi) is 5.31. The summed E-state index contributed by atoms with van der Waals surface area (Å²) < 4.78 is 4.95. The number of nitrogens with zero attached hydrogens (tertiary/aromatic N) is 2. The highest BCUT2D eigenvalue weighted by Gasteiger charge is 2.17. The highest BCUT2D eigenvalue weighted by Crippen LogP contribution is 2.28. The number of carboxylic acids is 1. The van der Waals surface area contributed by atoms with Crippen LogP contribution in [0, 0.1) is 6.92 Å². The third-order valence-corrected chi connectivity index (χ3v) is 3.07. The topological polar surface area (TPSA) is 122 Å². The van der Waals surface area contributed by atoms with E-state index in [0.29, 0.717) is 11.4 Å². The Bertz CT molecular complexity index is 776. The Morgan fingerprint density at radius 2 is 2.08 bits per heavy atom. The highest BCUT2D eigenvalue weighted by molar-refractivity contribution is 5.95. The number of carbonyl (C=O) groups excluding carboxylic acids is 1. The van der Waals surface area contributed by atoms with Gasteiger partial charge in [0, 0.05) is 6.20 Å². The van der Waals surface area contributed by atoms with E-state index < -0.39 is 11.9 Å². The first-order chi connectivity index (χ1) is 11.4. The average Bonchev–Trinajstić information content (AvgIpc) is 2.50. The van der Waals surface area contributed by atoms with Crippen LogP contribution in [0.25, 0.3) is 0 Å². The lowest BCUT2D eigenvalue weighted by molar-refractivity contribution is -0.136. The number of aryl methyl sites for hydroxylation is 1. The van der Waals surface area contributed by atoms with E-state index in [1.54, 1.807) is 13.8 Å². The van der Waals surface area contributed by atoms with Crippen LogP contribution < -0.4 is 5.32 Å². The fourth-order valence-corrected chi connectivity index (χ4v) is 2.02. The van der Waals surface area contributed by atoms with Crippen molar-refractivity contribution in [1.29, 1.82) is 0 Å². The molecule has 24 heavy (non-hydrogen) atoms. The Balaban J connectivity index is 2.38. The maximum atomic E-state index is 12.0. The minimum atomic E-state index is -0.989. The number of nitrogens with one attached hydrogen (secondary N) is 1. The smallest absolute Gasteiger partial charge is 0.343 e. The van der Waals surface area contributed by atoms with Crippen molar-refractivity contribution in [3.63, 3.8) is 0 Å². The van der Waals surface area contributed by atoms with Crippen LogP contribution in [-0.4, -0.2) is 38.7 Å². The zero-order valence-corrected chi connectivity index (χ0v) is 13.2. The molecule has 0 atom stereocenters. The summed E-state index contributed by atoms with van der Waals surface area (Å²) in [5.41, 5.74) is 0.842. The van der Waals surface area contributed by atoms with Crippen molar-refractivity contribution >= 4 is 23.4 Å². The molecule has 0 saturated carbocycles. The number of aliphatic carboxylic acids is 1. The molecule has 0 aliphatic rings. The predicted octanol–water partition coefficient (Wildman–Crippen LogP) is 2.04. The second-order valence-corrected chi connectivity index (χ2v) is 4.95. The Labute approximate surface area is 138 Å². The molecule has 8 nitrogen and oxygen atoms in total. The van der Waals surface area contributed by atoms with Crippen molar-refractivity contribution < 1.29 is 24.5 Å². The molecule has 0 bridgehead atoms. The first-order valence-electron chi connectivity index (χ1n) is 7.22. The van der Waals surface area contributed by atoms with Crippen LogP contribution in [0.3, 0.4) is 0 Å². The third kappa shape index (κ3) is 4.19. The maximum absolute atomic E-state index is 12.0. The SMILES string of the molecule is CCOC(=O)c1cnc(C)nc1Nc1cc(CC(=O)O)ccc1O. The van der Waals surface area contributed by atoms with Crippen molar-refractivity contribution in [1.82, 2.24) is 9.97 Å². The van der Waals surface area contributed by atoms with Crippen LogP contribution in [0.5, 0.6) is 5.75 Å². The molecule has 0 aliphatic heterocycles. The van der Waals surface area contributed by atoms with Crippen molar-refractivity contribution in [3.8, 4) is 5.75 Å². The Morgan fingerprint density at radius 1 is 1.33 bits per heavy atom. The summed E-state index contributed by atoms with van der Waals surface area (Å²) in [4.78, 5) is 30.9. The first kappa shape index (κ1) is 17.2. The zero-order chi connectivity index (χ0) is 17.7. The van der Waals surface area contributed by atoms with Gasteiger partial charge in [-0.05, 0) is 31.5 Å². The lowest BCUT2D eigenvalue weighted by atomic mass is 10.1. The molecule has 0 fully saturated rings. The molecular weight excluding hydrogens is 314 g/mol. The number of hydrogen-bond donors (Lipinski definition) is 3. The van der Waals surface area contributed by atoms with Gasteiger partial charge in [-0.15, -0.1) is 0 Å². The van der Waals surface area contributed by atoms with Crippen LogP contribution in [0.4, 0.5) is 11.5 Å². The van der Waals surface area contributed by atoms with Crippen LogP contribution in [-0.2, 0) is 16.0 Å². The van der Waals surface area contributed by atoms with Gasteiger partial charge < -0.3 is 20.3 Å². The lowest BCUT2D eigenvalue weighted by Crippen LogP contribution is -2.11. The fraction of sp³-hybridized carbons (Fsp3) is 0.250. The number of hydrogen-bond acceptors (Lipinski definition) is 7. The van der Waals surface area contributed by atoms with Crippen LogP contribution in [0.2, 0.25) is 0 Å². The highest BCUT2D eigenvalue weighted by atomic mass is 16.5. The summed E-state index contributed by atoms with van der Waals surface area (Å²) in [6.45, 7) is 3.54. The molecule has 0 aliphatic carbocycles. The number of ether oxygens (including phenoxy) is 1. The molecule has 0 spiro atoms. The van der Waals surface area contributed by atoms with Gasteiger partial charge in [-0.2, -0.15) is 0 Å². The summed E-state index contributed by atoms with van der Waals surface area (Å²) in [5.74, 6) is -1.09. The van der Waals surface area contributed by atoms with Gasteiger partial charge >= 0.3 is 11.9 Å². The molecule has 1 aromatic heterocycles. The van der Waals surface area contributed by atoms with Gasteiger partial charge in [-0.1, -0.05) is 6.07 Å². The van der Waals surface area contributed by atoms with Gasteiger partial charge in [0.15, 0.2) is 0 Å². The molecule has 1 aromatic carbocycles. The number of esters is 1. The molecule has 8 heteroatoms. The Hall–Kier alpha value is -3.16. The second-order valence-electron chi connectivity index (χ2n) is 4.95. The van der Waals surface area contributed by atoms with E-state index in [9.17, 15) is 14.7 Å². The molecule has 0 amide bonds. The summed E-state index contributed by atoms with van der Waals surface area (Å²) in [7, 11) is 0. The van der Waals surface area contributed by atoms with Crippen molar-refractivity contribution in [2.24, 2.45) is 0 Å². The summed E-state index contributed by atoms with van der Waals surface area (Å²) in [5, 5.41) is 21.7. The van der Waals surface area contributed by atoms with Crippen LogP contribution in [0.15, 0.2) is 24.4 Å². The number of phenolic OH excluding ortho intramolecular Hbond substituents is 1. The van der Waals surface area contributed by atoms with E-state index in [0.717, 1.165) is 0 Å². The maximum Gasteiger partial charge on any atom is 0.343 e. The van der Waals surface area contributed by atoms with Gasteiger partial charge in [-0.25, -0.2) is 14.8 Å².